The van der Waals surface area contributed by atoms with Crippen LogP contribution in [0.5, 0.6) is 5.75 Å². The van der Waals surface area contributed by atoms with E-state index in [-0.39, 0.29) is 16.6 Å². The van der Waals surface area contributed by atoms with Crippen LogP contribution in [0.15, 0.2) is 33.7 Å². The first-order valence-electron chi connectivity index (χ1n) is 9.09. The highest BCUT2D eigenvalue weighted by atomic mass is 32.2. The van der Waals surface area contributed by atoms with E-state index >= 15 is 0 Å². The van der Waals surface area contributed by atoms with Crippen LogP contribution in [0.3, 0.4) is 0 Å². The van der Waals surface area contributed by atoms with Crippen LogP contribution in [0.4, 0.5) is 0 Å². The normalized spacial score (nSPS) is 17.6. The Balaban J connectivity index is 1.83. The highest BCUT2D eigenvalue weighted by molar-refractivity contribution is 7.89. The van der Waals surface area contributed by atoms with Gasteiger partial charge >= 0.3 is 0 Å². The van der Waals surface area contributed by atoms with Crippen molar-refractivity contribution in [3.05, 3.63) is 41.3 Å². The summed E-state index contributed by atoms with van der Waals surface area (Å²) in [4.78, 5) is 14.7. The lowest BCUT2D eigenvalue weighted by atomic mass is 10.1. The quantitative estimate of drug-likeness (QED) is 0.728. The van der Waals surface area contributed by atoms with Crippen LogP contribution in [0, 0.1) is 13.8 Å². The minimum atomic E-state index is -3.87. The van der Waals surface area contributed by atoms with Crippen LogP contribution in [0.25, 0.3) is 0 Å². The van der Waals surface area contributed by atoms with Gasteiger partial charge in [0.2, 0.25) is 15.9 Å². The highest BCUT2D eigenvalue weighted by Crippen LogP contribution is 2.31. The van der Waals surface area contributed by atoms with Crippen molar-refractivity contribution < 1.29 is 22.5 Å². The molecule has 0 saturated carbocycles. The predicted octanol–water partition coefficient (Wildman–Crippen LogP) is 2.11. The van der Waals surface area contributed by atoms with E-state index in [4.69, 9.17) is 9.26 Å². The fraction of sp³-hybridized carbons (Fsp3) is 0.474. The van der Waals surface area contributed by atoms with Crippen LogP contribution >= 0.6 is 0 Å². The number of carbonyl (C=O) groups is 1. The minimum Gasteiger partial charge on any atom is -0.496 e. The van der Waals surface area contributed by atoms with E-state index in [1.54, 1.807) is 32.9 Å². The van der Waals surface area contributed by atoms with E-state index in [2.05, 4.69) is 5.16 Å². The first-order chi connectivity index (χ1) is 13.3. The monoisotopic (exact) mass is 407 g/mol. The second-order valence-corrected chi connectivity index (χ2v) is 8.76. The number of methoxy groups -OCH3 is 1. The van der Waals surface area contributed by atoms with Gasteiger partial charge in [-0.25, -0.2) is 8.42 Å². The molecule has 0 bridgehead atoms. The van der Waals surface area contributed by atoms with Gasteiger partial charge in [0.25, 0.3) is 0 Å². The molecule has 8 nitrogen and oxygen atoms in total. The predicted molar refractivity (Wildman–Crippen MR) is 102 cm³/mol. The zero-order valence-corrected chi connectivity index (χ0v) is 17.3. The maximum Gasteiger partial charge on any atom is 0.249 e. The number of carbonyl (C=O) groups excluding carboxylic acids is 1. The third-order valence-electron chi connectivity index (χ3n) is 5.00. The molecular weight excluding hydrogens is 382 g/mol. The van der Waals surface area contributed by atoms with E-state index in [0.29, 0.717) is 37.4 Å². The summed E-state index contributed by atoms with van der Waals surface area (Å²) in [5.74, 6) is 0.686. The Morgan fingerprint density at radius 3 is 2.71 bits per heavy atom. The van der Waals surface area contributed by atoms with Gasteiger partial charge in [0.15, 0.2) is 5.76 Å². The van der Waals surface area contributed by atoms with Gasteiger partial charge in [-0.1, -0.05) is 23.4 Å². The Labute approximate surface area is 165 Å². The zero-order valence-electron chi connectivity index (χ0n) is 16.5. The fourth-order valence-electron chi connectivity index (χ4n) is 3.66. The first kappa shape index (κ1) is 20.3. The largest absolute Gasteiger partial charge is 0.496 e. The van der Waals surface area contributed by atoms with E-state index in [1.165, 1.54) is 4.31 Å². The second kappa shape index (κ2) is 7.92. The Kier molecular flexibility index (Phi) is 5.76. The van der Waals surface area contributed by atoms with Gasteiger partial charge in [-0.15, -0.1) is 0 Å². The van der Waals surface area contributed by atoms with Gasteiger partial charge in [0.1, 0.15) is 22.4 Å². The summed E-state index contributed by atoms with van der Waals surface area (Å²) in [6.45, 7) is 3.78. The summed E-state index contributed by atoms with van der Waals surface area (Å²) in [5, 5.41) is 3.74. The lowest BCUT2D eigenvalue weighted by Crippen LogP contribution is -2.46. The minimum absolute atomic E-state index is 0.0552. The van der Waals surface area contributed by atoms with Crippen LogP contribution in [-0.2, 0) is 21.4 Å². The number of amides is 1. The molecule has 1 aliphatic heterocycles. The van der Waals surface area contributed by atoms with Crippen molar-refractivity contribution in [2.45, 2.75) is 44.2 Å². The lowest BCUT2D eigenvalue weighted by molar-refractivity contribution is -0.133. The molecule has 152 valence electrons. The zero-order chi connectivity index (χ0) is 20.5. The number of para-hydroxylation sites is 1. The summed E-state index contributed by atoms with van der Waals surface area (Å²) in [6, 6.07) is 6.71. The third-order valence-corrected chi connectivity index (χ3v) is 7.15. The van der Waals surface area contributed by atoms with Gasteiger partial charge in [0, 0.05) is 25.7 Å². The molecule has 0 unspecified atom stereocenters. The highest BCUT2D eigenvalue weighted by Gasteiger charge is 2.42. The molecule has 1 aromatic heterocycles. The molecule has 0 radical (unpaired) electrons. The lowest BCUT2D eigenvalue weighted by Gasteiger charge is -2.27. The van der Waals surface area contributed by atoms with Crippen molar-refractivity contribution in [3.8, 4) is 5.75 Å². The number of hydrogen-bond acceptors (Lipinski definition) is 6. The summed E-state index contributed by atoms with van der Waals surface area (Å²) in [5.41, 5.74) is 1.16. The van der Waals surface area contributed by atoms with E-state index in [9.17, 15) is 13.2 Å². The molecule has 1 atom stereocenters. The van der Waals surface area contributed by atoms with Crippen LogP contribution in [-0.4, -0.2) is 55.4 Å². The SMILES string of the molecule is COc1ccccc1CN(C)C(=O)[C@@H]1CCCN1S(=O)(=O)c1c(C)noc1C. The third kappa shape index (κ3) is 3.64. The molecule has 1 fully saturated rings. The first-order valence-corrected chi connectivity index (χ1v) is 10.5. The molecule has 0 N–H and O–H groups in total. The molecule has 2 heterocycles. The van der Waals surface area contributed by atoms with Crippen molar-refractivity contribution >= 4 is 15.9 Å². The molecular formula is C19H25N3O5S. The van der Waals surface area contributed by atoms with Crippen molar-refractivity contribution in [2.75, 3.05) is 20.7 Å². The topological polar surface area (TPSA) is 93.0 Å². The molecule has 0 spiro atoms. The van der Waals surface area contributed by atoms with Gasteiger partial charge in [-0.3, -0.25) is 4.79 Å². The van der Waals surface area contributed by atoms with Crippen LogP contribution in [0.2, 0.25) is 0 Å². The number of rotatable bonds is 6. The van der Waals surface area contributed by atoms with E-state index in [1.807, 2.05) is 24.3 Å². The molecule has 2 aromatic rings. The van der Waals surface area contributed by atoms with Crippen molar-refractivity contribution in [2.24, 2.45) is 0 Å². The standard InChI is InChI=1S/C19H25N3O5S/c1-13-18(14(2)27-20-13)28(24,25)22-11-7-9-16(22)19(23)21(3)12-15-8-5-6-10-17(15)26-4/h5-6,8,10,16H,7,9,11-12H2,1-4H3/t16-/m0/s1. The number of aromatic nitrogens is 1. The van der Waals surface area contributed by atoms with Crippen LogP contribution < -0.4 is 4.74 Å². The number of sulfonamides is 1. The van der Waals surface area contributed by atoms with Crippen molar-refractivity contribution in [3.63, 3.8) is 0 Å². The van der Waals surface area contributed by atoms with Gasteiger partial charge in [0.05, 0.1) is 7.11 Å². The Morgan fingerprint density at radius 1 is 1.36 bits per heavy atom. The average Bonchev–Trinajstić information content (AvgIpc) is 3.29. The molecule has 1 amide bonds. The van der Waals surface area contributed by atoms with Gasteiger partial charge in [-0.05, 0) is 32.8 Å². The summed E-state index contributed by atoms with van der Waals surface area (Å²) in [7, 11) is -0.612. The summed E-state index contributed by atoms with van der Waals surface area (Å²) in [6.07, 6.45) is 1.11. The molecule has 9 heteroatoms. The Morgan fingerprint density at radius 2 is 2.07 bits per heavy atom. The fourth-order valence-corrected chi connectivity index (χ4v) is 5.60. The van der Waals surface area contributed by atoms with Gasteiger partial charge in [-0.2, -0.15) is 4.31 Å². The number of hydrogen-bond donors (Lipinski definition) is 0. The Bertz CT molecular complexity index is 950. The average molecular weight is 407 g/mol. The smallest absolute Gasteiger partial charge is 0.249 e. The number of nitrogens with zero attached hydrogens (tertiary/aromatic N) is 3. The number of likely N-dealkylation sites (N-methyl/N-ethyl adjacent to an activating group) is 1. The molecule has 1 aliphatic rings. The number of benzene rings is 1. The van der Waals surface area contributed by atoms with E-state index < -0.39 is 16.1 Å². The molecule has 0 aliphatic carbocycles. The maximum atomic E-state index is 13.2. The molecule has 1 saturated heterocycles. The molecule has 28 heavy (non-hydrogen) atoms. The van der Waals surface area contributed by atoms with Crippen LogP contribution in [0.1, 0.15) is 29.9 Å². The van der Waals surface area contributed by atoms with Crippen molar-refractivity contribution in [1.82, 2.24) is 14.4 Å². The second-order valence-electron chi connectivity index (χ2n) is 6.93. The van der Waals surface area contributed by atoms with Gasteiger partial charge < -0.3 is 14.2 Å². The van der Waals surface area contributed by atoms with Crippen molar-refractivity contribution in [1.29, 1.82) is 0 Å². The summed E-state index contributed by atoms with van der Waals surface area (Å²) >= 11 is 0. The molecule has 1 aromatic carbocycles. The molecule has 3 rings (SSSR count). The number of ether oxygens (including phenoxy) is 1. The van der Waals surface area contributed by atoms with E-state index in [0.717, 1.165) is 5.56 Å². The maximum absolute atomic E-state index is 13.2. The number of aryl methyl sites for hydroxylation is 2. The summed E-state index contributed by atoms with van der Waals surface area (Å²) < 4.78 is 38.0. The Hall–Kier alpha value is -2.39.